The summed E-state index contributed by atoms with van der Waals surface area (Å²) in [4.78, 5) is 25.3. The van der Waals surface area contributed by atoms with Gasteiger partial charge in [0.25, 0.3) is 0 Å². The molecule has 0 amide bonds. The Morgan fingerprint density at radius 3 is 2.32 bits per heavy atom. The fourth-order valence-corrected chi connectivity index (χ4v) is 5.64. The van der Waals surface area contributed by atoms with Gasteiger partial charge in [-0.1, -0.05) is 0 Å². The van der Waals surface area contributed by atoms with Crippen molar-refractivity contribution in [2.24, 2.45) is 17.3 Å². The van der Waals surface area contributed by atoms with Crippen LogP contribution in [0.25, 0.3) is 0 Å². The van der Waals surface area contributed by atoms with Gasteiger partial charge in [0.15, 0.2) is 6.10 Å². The molecule has 134 valence electrons. The first-order chi connectivity index (χ1) is 11.8. The molecular weight excluding hydrogens is 323 g/mol. The van der Waals surface area contributed by atoms with Crippen molar-refractivity contribution in [2.75, 3.05) is 0 Å². The van der Waals surface area contributed by atoms with E-state index in [1.54, 1.807) is 6.92 Å². The first-order valence-corrected chi connectivity index (χ1v) is 9.02. The van der Waals surface area contributed by atoms with E-state index in [9.17, 15) is 19.1 Å². The number of rotatable bonds is 4. The standard InChI is InChI=1S/C20H23FO4/c1-12(17(22)15-2-4-16(21)5-3-15)25-18(23)19-7-13-6-14(8-19)10-20(24,9-13)11-19/h2-5,12-14,24H,6-11H2,1H3/t12-,13-,14+,19?,20?/m0/s1. The highest BCUT2D eigenvalue weighted by atomic mass is 19.1. The number of Topliss-reactive ketones (excluding diaryl/α,β-unsaturated/α-hetero) is 1. The van der Waals surface area contributed by atoms with E-state index in [1.807, 2.05) is 0 Å². The summed E-state index contributed by atoms with van der Waals surface area (Å²) in [6.07, 6.45) is 3.68. The molecule has 0 spiro atoms. The number of hydrogen-bond donors (Lipinski definition) is 1. The minimum absolute atomic E-state index is 0.325. The minimum Gasteiger partial charge on any atom is -0.454 e. The Morgan fingerprint density at radius 2 is 1.76 bits per heavy atom. The van der Waals surface area contributed by atoms with Gasteiger partial charge in [0.05, 0.1) is 11.0 Å². The summed E-state index contributed by atoms with van der Waals surface area (Å²) in [5.74, 6) is -0.355. The normalized spacial score (nSPS) is 36.9. The van der Waals surface area contributed by atoms with E-state index >= 15 is 0 Å². The summed E-state index contributed by atoms with van der Waals surface area (Å²) in [6.45, 7) is 1.55. The van der Waals surface area contributed by atoms with Crippen LogP contribution in [0.4, 0.5) is 4.39 Å². The number of esters is 1. The van der Waals surface area contributed by atoms with Crippen molar-refractivity contribution >= 4 is 11.8 Å². The zero-order valence-corrected chi connectivity index (χ0v) is 14.3. The van der Waals surface area contributed by atoms with Crippen LogP contribution in [-0.2, 0) is 9.53 Å². The fourth-order valence-electron chi connectivity index (χ4n) is 5.64. The molecule has 1 aromatic rings. The van der Waals surface area contributed by atoms with Gasteiger partial charge in [-0.15, -0.1) is 0 Å². The molecule has 1 aromatic carbocycles. The maximum absolute atomic E-state index is 13.0. The highest BCUT2D eigenvalue weighted by Crippen LogP contribution is 2.62. The summed E-state index contributed by atoms with van der Waals surface area (Å²) in [5, 5.41) is 10.8. The monoisotopic (exact) mass is 346 g/mol. The van der Waals surface area contributed by atoms with Crippen molar-refractivity contribution in [1.82, 2.24) is 0 Å². The van der Waals surface area contributed by atoms with E-state index in [0.29, 0.717) is 23.8 Å². The summed E-state index contributed by atoms with van der Waals surface area (Å²) in [5.41, 5.74) is -1.06. The Morgan fingerprint density at radius 1 is 1.16 bits per heavy atom. The maximum atomic E-state index is 13.0. The van der Waals surface area contributed by atoms with Gasteiger partial charge in [-0.2, -0.15) is 0 Å². The Balaban J connectivity index is 1.48. The quantitative estimate of drug-likeness (QED) is 0.671. The van der Waals surface area contributed by atoms with Gasteiger partial charge in [-0.25, -0.2) is 4.39 Å². The Labute approximate surface area is 146 Å². The smallest absolute Gasteiger partial charge is 0.312 e. The molecule has 0 radical (unpaired) electrons. The number of ketones is 1. The van der Waals surface area contributed by atoms with Crippen LogP contribution in [-0.4, -0.2) is 28.6 Å². The molecule has 4 aliphatic rings. The Bertz CT molecular complexity index is 697. The summed E-state index contributed by atoms with van der Waals surface area (Å²) in [6, 6.07) is 5.23. The summed E-state index contributed by atoms with van der Waals surface area (Å²) in [7, 11) is 0. The third-order valence-corrected chi connectivity index (χ3v) is 6.25. The van der Waals surface area contributed by atoms with Crippen LogP contribution in [0.5, 0.6) is 0 Å². The molecule has 2 unspecified atom stereocenters. The molecule has 1 N–H and O–H groups in total. The number of halogens is 1. The van der Waals surface area contributed by atoms with Gasteiger partial charge >= 0.3 is 5.97 Å². The maximum Gasteiger partial charge on any atom is 0.312 e. The van der Waals surface area contributed by atoms with Gasteiger partial charge in [0.1, 0.15) is 5.82 Å². The zero-order valence-electron chi connectivity index (χ0n) is 14.3. The number of carbonyl (C=O) groups excluding carboxylic acids is 2. The van der Waals surface area contributed by atoms with E-state index in [-0.39, 0.29) is 11.8 Å². The lowest BCUT2D eigenvalue weighted by molar-refractivity contribution is -0.197. The lowest BCUT2D eigenvalue weighted by atomic mass is 9.48. The number of aliphatic hydroxyl groups is 1. The third kappa shape index (κ3) is 2.88. The topological polar surface area (TPSA) is 63.6 Å². The van der Waals surface area contributed by atoms with Crippen LogP contribution in [0.15, 0.2) is 24.3 Å². The second kappa shape index (κ2) is 5.63. The molecule has 0 heterocycles. The first-order valence-electron chi connectivity index (χ1n) is 9.02. The molecule has 4 fully saturated rings. The van der Waals surface area contributed by atoms with E-state index in [1.165, 1.54) is 24.3 Å². The highest BCUT2D eigenvalue weighted by molar-refractivity contribution is 6.00. The van der Waals surface area contributed by atoms with Gasteiger partial charge in [0.2, 0.25) is 5.78 Å². The molecule has 5 atom stereocenters. The van der Waals surface area contributed by atoms with Crippen LogP contribution in [0.1, 0.15) is 55.8 Å². The number of hydrogen-bond acceptors (Lipinski definition) is 4. The molecule has 4 nitrogen and oxygen atoms in total. The van der Waals surface area contributed by atoms with Crippen molar-refractivity contribution in [1.29, 1.82) is 0 Å². The average molecular weight is 346 g/mol. The van der Waals surface area contributed by atoms with E-state index in [2.05, 4.69) is 0 Å². The predicted octanol–water partition coefficient (Wildman–Crippen LogP) is 3.27. The zero-order chi connectivity index (χ0) is 17.8. The van der Waals surface area contributed by atoms with Crippen LogP contribution in [0.2, 0.25) is 0 Å². The SMILES string of the molecule is C[C@H](OC(=O)C12C[C@@H]3C[C@@H](CC(O)(C3)C1)C2)C(=O)c1ccc(F)cc1. The van der Waals surface area contributed by atoms with Crippen molar-refractivity contribution in [3.63, 3.8) is 0 Å². The summed E-state index contributed by atoms with van der Waals surface area (Å²) >= 11 is 0. The number of ether oxygens (including phenoxy) is 1. The van der Waals surface area contributed by atoms with Crippen molar-refractivity contribution < 1.29 is 23.8 Å². The molecule has 5 heteroatoms. The van der Waals surface area contributed by atoms with Crippen molar-refractivity contribution in [3.05, 3.63) is 35.6 Å². The average Bonchev–Trinajstić information content (AvgIpc) is 2.52. The van der Waals surface area contributed by atoms with Gasteiger partial charge < -0.3 is 9.84 Å². The molecule has 5 rings (SSSR count). The van der Waals surface area contributed by atoms with Gasteiger partial charge in [0, 0.05) is 5.56 Å². The molecule has 0 saturated heterocycles. The number of benzene rings is 1. The van der Waals surface area contributed by atoms with Crippen LogP contribution in [0.3, 0.4) is 0 Å². The van der Waals surface area contributed by atoms with E-state index in [0.717, 1.165) is 32.1 Å². The van der Waals surface area contributed by atoms with E-state index < -0.39 is 22.9 Å². The van der Waals surface area contributed by atoms with Crippen molar-refractivity contribution in [2.45, 2.75) is 57.2 Å². The third-order valence-electron chi connectivity index (χ3n) is 6.25. The molecule has 0 aliphatic heterocycles. The molecule has 4 bridgehead atoms. The second-order valence-electron chi connectivity index (χ2n) is 8.38. The van der Waals surface area contributed by atoms with Crippen LogP contribution >= 0.6 is 0 Å². The Hall–Kier alpha value is -1.75. The predicted molar refractivity (Wildman–Crippen MR) is 88.3 cm³/mol. The lowest BCUT2D eigenvalue weighted by Gasteiger charge is -2.58. The fraction of sp³-hybridized carbons (Fsp3) is 0.600. The second-order valence-corrected chi connectivity index (χ2v) is 8.38. The molecule has 25 heavy (non-hydrogen) atoms. The molecular formula is C20H23FO4. The Kier molecular flexibility index (Phi) is 3.76. The van der Waals surface area contributed by atoms with Gasteiger partial charge in [-0.05, 0) is 81.5 Å². The van der Waals surface area contributed by atoms with Crippen LogP contribution < -0.4 is 0 Å². The van der Waals surface area contributed by atoms with Crippen LogP contribution in [0, 0.1) is 23.1 Å². The number of carbonyl (C=O) groups is 2. The lowest BCUT2D eigenvalue weighted by Crippen LogP contribution is -2.58. The van der Waals surface area contributed by atoms with Gasteiger partial charge in [-0.3, -0.25) is 9.59 Å². The largest absolute Gasteiger partial charge is 0.454 e. The molecule has 0 aromatic heterocycles. The first kappa shape index (κ1) is 16.7. The molecule has 4 saturated carbocycles. The van der Waals surface area contributed by atoms with E-state index in [4.69, 9.17) is 4.74 Å². The summed E-state index contributed by atoms with van der Waals surface area (Å²) < 4.78 is 18.5. The minimum atomic E-state index is -0.916. The highest BCUT2D eigenvalue weighted by Gasteiger charge is 2.61. The molecule has 4 aliphatic carbocycles. The van der Waals surface area contributed by atoms with Crippen molar-refractivity contribution in [3.8, 4) is 0 Å².